The summed E-state index contributed by atoms with van der Waals surface area (Å²) in [4.78, 5) is 28.8. The van der Waals surface area contributed by atoms with Crippen molar-refractivity contribution in [2.24, 2.45) is 0 Å². The molecule has 1 aliphatic heterocycles. The highest BCUT2D eigenvalue weighted by Gasteiger charge is 2.28. The predicted octanol–water partition coefficient (Wildman–Crippen LogP) is 3.44. The summed E-state index contributed by atoms with van der Waals surface area (Å²) in [7, 11) is -3.35. The average Bonchev–Trinajstić information content (AvgIpc) is 2.85. The predicted molar refractivity (Wildman–Crippen MR) is 131 cm³/mol. The van der Waals surface area contributed by atoms with Crippen LogP contribution < -0.4 is 10.5 Å². The van der Waals surface area contributed by atoms with Crippen LogP contribution in [0.4, 0.5) is 5.69 Å². The minimum absolute atomic E-state index is 0.200. The Labute approximate surface area is 197 Å². The first-order chi connectivity index (χ1) is 16.3. The van der Waals surface area contributed by atoms with Gasteiger partial charge in [-0.05, 0) is 48.2 Å². The van der Waals surface area contributed by atoms with E-state index in [4.69, 9.17) is 0 Å². The normalized spacial score (nSPS) is 13.6. The summed E-state index contributed by atoms with van der Waals surface area (Å²) in [5, 5.41) is 5.45. The van der Waals surface area contributed by atoms with Gasteiger partial charge < -0.3 is 4.90 Å². The SMILES string of the molecule is CS(=O)(=O)c1ccc2c(c1)CCCN2C(=O)c1nn(Cc2ccccc2)c(=O)c2ccccc12. The first kappa shape index (κ1) is 22.0. The van der Waals surface area contributed by atoms with Gasteiger partial charge in [-0.15, -0.1) is 0 Å². The van der Waals surface area contributed by atoms with Gasteiger partial charge in [-0.25, -0.2) is 13.1 Å². The molecule has 0 N–H and O–H groups in total. The van der Waals surface area contributed by atoms with E-state index < -0.39 is 9.84 Å². The molecule has 1 aromatic heterocycles. The van der Waals surface area contributed by atoms with Gasteiger partial charge in [0.15, 0.2) is 15.5 Å². The second-order valence-corrected chi connectivity index (χ2v) is 10.5. The molecule has 1 aliphatic rings. The summed E-state index contributed by atoms with van der Waals surface area (Å²) < 4.78 is 25.3. The molecule has 7 nitrogen and oxygen atoms in total. The zero-order chi connectivity index (χ0) is 23.9. The van der Waals surface area contributed by atoms with Gasteiger partial charge in [0.2, 0.25) is 0 Å². The van der Waals surface area contributed by atoms with Gasteiger partial charge in [0.1, 0.15) is 0 Å². The Kier molecular flexibility index (Phi) is 5.53. The van der Waals surface area contributed by atoms with Gasteiger partial charge in [0.25, 0.3) is 11.5 Å². The van der Waals surface area contributed by atoms with Crippen molar-refractivity contribution in [1.82, 2.24) is 9.78 Å². The lowest BCUT2D eigenvalue weighted by Crippen LogP contribution is -2.38. The van der Waals surface area contributed by atoms with Crippen molar-refractivity contribution >= 4 is 32.2 Å². The molecule has 0 spiro atoms. The maximum Gasteiger partial charge on any atom is 0.279 e. The second-order valence-electron chi connectivity index (χ2n) is 8.47. The van der Waals surface area contributed by atoms with Crippen LogP contribution in [0, 0.1) is 0 Å². The Morgan fingerprint density at radius 1 is 0.971 bits per heavy atom. The van der Waals surface area contributed by atoms with E-state index >= 15 is 0 Å². The topological polar surface area (TPSA) is 89.3 Å². The number of hydrogen-bond acceptors (Lipinski definition) is 5. The number of carbonyl (C=O) groups is 1. The molecule has 0 radical (unpaired) electrons. The van der Waals surface area contributed by atoms with Crippen molar-refractivity contribution in [3.05, 3.63) is 100.0 Å². The summed E-state index contributed by atoms with van der Waals surface area (Å²) in [6.45, 7) is 0.733. The fraction of sp³-hybridized carbons (Fsp3) is 0.192. The minimum Gasteiger partial charge on any atom is -0.307 e. The molecular weight excluding hydrogens is 450 g/mol. The summed E-state index contributed by atoms with van der Waals surface area (Å²) in [6.07, 6.45) is 2.56. The van der Waals surface area contributed by atoms with Crippen molar-refractivity contribution in [2.45, 2.75) is 24.3 Å². The Bertz CT molecular complexity index is 1580. The number of amides is 1. The van der Waals surface area contributed by atoms with E-state index in [2.05, 4.69) is 5.10 Å². The smallest absolute Gasteiger partial charge is 0.279 e. The van der Waals surface area contributed by atoms with Crippen LogP contribution in [0.3, 0.4) is 0 Å². The number of nitrogens with zero attached hydrogens (tertiary/aromatic N) is 3. The van der Waals surface area contributed by atoms with Gasteiger partial charge in [-0.2, -0.15) is 5.10 Å². The fourth-order valence-electron chi connectivity index (χ4n) is 4.40. The van der Waals surface area contributed by atoms with Gasteiger partial charge in [0, 0.05) is 23.9 Å². The van der Waals surface area contributed by atoms with Crippen LogP contribution in [0.1, 0.15) is 28.0 Å². The Balaban J connectivity index is 1.62. The van der Waals surface area contributed by atoms with Gasteiger partial charge >= 0.3 is 0 Å². The first-order valence-corrected chi connectivity index (χ1v) is 12.9. The van der Waals surface area contributed by atoms with Gasteiger partial charge in [-0.1, -0.05) is 48.5 Å². The number of hydrogen-bond donors (Lipinski definition) is 0. The van der Waals surface area contributed by atoms with Crippen molar-refractivity contribution in [2.75, 3.05) is 17.7 Å². The summed E-state index contributed by atoms with van der Waals surface area (Å²) in [6, 6.07) is 21.4. The summed E-state index contributed by atoms with van der Waals surface area (Å²) in [5.41, 5.74) is 2.33. The Morgan fingerprint density at radius 3 is 2.41 bits per heavy atom. The number of sulfone groups is 1. The number of benzene rings is 3. The molecule has 34 heavy (non-hydrogen) atoms. The monoisotopic (exact) mass is 473 g/mol. The van der Waals surface area contributed by atoms with E-state index in [1.807, 2.05) is 30.3 Å². The van der Waals surface area contributed by atoms with Crippen LogP contribution >= 0.6 is 0 Å². The lowest BCUT2D eigenvalue weighted by molar-refractivity contribution is 0.0980. The van der Waals surface area contributed by atoms with Crippen molar-refractivity contribution in [3.63, 3.8) is 0 Å². The summed E-state index contributed by atoms with van der Waals surface area (Å²) >= 11 is 0. The number of aryl methyl sites for hydroxylation is 1. The molecule has 172 valence electrons. The molecule has 0 unspecified atom stereocenters. The van der Waals surface area contributed by atoms with Crippen LogP contribution in [-0.4, -0.2) is 36.9 Å². The van der Waals surface area contributed by atoms with E-state index in [0.717, 1.165) is 11.1 Å². The molecule has 0 fully saturated rings. The quantitative estimate of drug-likeness (QED) is 0.453. The maximum atomic E-state index is 13.8. The highest BCUT2D eigenvalue weighted by molar-refractivity contribution is 7.90. The first-order valence-electron chi connectivity index (χ1n) is 11.0. The highest BCUT2D eigenvalue weighted by atomic mass is 32.2. The molecule has 0 saturated carbocycles. The third-order valence-electron chi connectivity index (χ3n) is 6.09. The molecular formula is C26H23N3O4S. The number of rotatable bonds is 4. The Hall–Kier alpha value is -3.78. The van der Waals surface area contributed by atoms with E-state index in [1.54, 1.807) is 41.3 Å². The van der Waals surface area contributed by atoms with E-state index in [1.165, 1.54) is 17.0 Å². The van der Waals surface area contributed by atoms with Crippen molar-refractivity contribution in [3.8, 4) is 0 Å². The van der Waals surface area contributed by atoms with E-state index in [0.29, 0.717) is 35.8 Å². The van der Waals surface area contributed by atoms with Crippen LogP contribution in [0.5, 0.6) is 0 Å². The number of carbonyl (C=O) groups excluding carboxylic acids is 1. The standard InChI is InChI=1S/C26H23N3O4S/c1-34(32,33)20-13-14-23-19(16-20)10-7-15-28(23)26(31)24-21-11-5-6-12-22(21)25(30)29(27-24)17-18-8-3-2-4-9-18/h2-6,8-9,11-14,16H,7,10,15,17H2,1H3. The highest BCUT2D eigenvalue weighted by Crippen LogP contribution is 2.31. The van der Waals surface area contributed by atoms with Crippen LogP contribution in [-0.2, 0) is 22.8 Å². The number of fused-ring (bicyclic) bond motifs is 2. The lowest BCUT2D eigenvalue weighted by Gasteiger charge is -2.30. The molecule has 5 rings (SSSR count). The van der Waals surface area contributed by atoms with Crippen LogP contribution in [0.25, 0.3) is 10.8 Å². The third kappa shape index (κ3) is 4.01. The molecule has 8 heteroatoms. The second kappa shape index (κ2) is 8.53. The zero-order valence-corrected chi connectivity index (χ0v) is 19.5. The van der Waals surface area contributed by atoms with E-state index in [-0.39, 0.29) is 28.6 Å². The largest absolute Gasteiger partial charge is 0.307 e. The number of aromatic nitrogens is 2. The van der Waals surface area contributed by atoms with Crippen LogP contribution in [0.15, 0.2) is 82.5 Å². The van der Waals surface area contributed by atoms with Crippen molar-refractivity contribution in [1.29, 1.82) is 0 Å². The molecule has 0 saturated heterocycles. The van der Waals surface area contributed by atoms with Crippen molar-refractivity contribution < 1.29 is 13.2 Å². The Morgan fingerprint density at radius 2 is 1.68 bits per heavy atom. The third-order valence-corrected chi connectivity index (χ3v) is 7.20. The lowest BCUT2D eigenvalue weighted by atomic mass is 10.0. The van der Waals surface area contributed by atoms with Gasteiger partial charge in [-0.3, -0.25) is 9.59 Å². The molecule has 4 aromatic rings. The minimum atomic E-state index is -3.35. The molecule has 2 heterocycles. The van der Waals surface area contributed by atoms with Crippen LogP contribution in [0.2, 0.25) is 0 Å². The molecule has 0 bridgehead atoms. The molecule has 0 aliphatic carbocycles. The van der Waals surface area contributed by atoms with E-state index in [9.17, 15) is 18.0 Å². The maximum absolute atomic E-state index is 13.8. The molecule has 0 atom stereocenters. The van der Waals surface area contributed by atoms with Gasteiger partial charge in [0.05, 0.1) is 16.8 Å². The molecule has 3 aromatic carbocycles. The molecule has 1 amide bonds. The number of anilines is 1. The summed E-state index contributed by atoms with van der Waals surface area (Å²) in [5.74, 6) is -0.314. The fourth-order valence-corrected chi connectivity index (χ4v) is 5.07. The average molecular weight is 474 g/mol. The zero-order valence-electron chi connectivity index (χ0n) is 18.6.